The highest BCUT2D eigenvalue weighted by Crippen LogP contribution is 2.21. The first kappa shape index (κ1) is 18.6. The quantitative estimate of drug-likeness (QED) is 0.689. The standard InChI is InChI=1S/C17H29BrN2O/c1-5-14(2)20(11-12-21-4)10-9-17(19-3)15-7-6-8-16(18)13-15/h6-8,13-14,17,19H,5,9-12H2,1-4H3. The third-order valence-corrected chi connectivity index (χ3v) is 4.59. The Kier molecular flexibility index (Phi) is 9.16. The molecule has 0 aliphatic carbocycles. The first-order valence-corrected chi connectivity index (χ1v) is 8.57. The predicted molar refractivity (Wildman–Crippen MR) is 93.8 cm³/mol. The molecular formula is C17H29BrN2O. The molecule has 4 heteroatoms. The minimum absolute atomic E-state index is 0.386. The fourth-order valence-corrected chi connectivity index (χ4v) is 2.93. The summed E-state index contributed by atoms with van der Waals surface area (Å²) in [7, 11) is 3.81. The van der Waals surface area contributed by atoms with E-state index in [2.05, 4.69) is 64.3 Å². The zero-order chi connectivity index (χ0) is 15.7. The van der Waals surface area contributed by atoms with Crippen LogP contribution in [0.3, 0.4) is 0 Å². The van der Waals surface area contributed by atoms with Gasteiger partial charge in [0.25, 0.3) is 0 Å². The van der Waals surface area contributed by atoms with Crippen molar-refractivity contribution in [3.8, 4) is 0 Å². The van der Waals surface area contributed by atoms with Gasteiger partial charge in [0.15, 0.2) is 0 Å². The molecule has 0 spiro atoms. The summed E-state index contributed by atoms with van der Waals surface area (Å²) in [6.45, 7) is 7.42. The molecule has 0 bridgehead atoms. The summed E-state index contributed by atoms with van der Waals surface area (Å²) >= 11 is 3.55. The van der Waals surface area contributed by atoms with Gasteiger partial charge in [0, 0.05) is 36.8 Å². The fraction of sp³-hybridized carbons (Fsp3) is 0.647. The maximum Gasteiger partial charge on any atom is 0.0589 e. The molecule has 0 fully saturated rings. The Balaban J connectivity index is 2.62. The van der Waals surface area contributed by atoms with E-state index >= 15 is 0 Å². The van der Waals surface area contributed by atoms with Crippen LogP contribution in [0.2, 0.25) is 0 Å². The van der Waals surface area contributed by atoms with Crippen LogP contribution in [0.1, 0.15) is 38.3 Å². The van der Waals surface area contributed by atoms with Crippen LogP contribution < -0.4 is 5.32 Å². The molecule has 0 saturated heterocycles. The van der Waals surface area contributed by atoms with E-state index in [1.807, 2.05) is 7.05 Å². The molecule has 0 aliphatic rings. The van der Waals surface area contributed by atoms with Gasteiger partial charge in [0.05, 0.1) is 6.61 Å². The summed E-state index contributed by atoms with van der Waals surface area (Å²) in [4.78, 5) is 2.52. The Morgan fingerprint density at radius 2 is 2.10 bits per heavy atom. The third kappa shape index (κ3) is 6.47. The molecule has 0 saturated carbocycles. The van der Waals surface area contributed by atoms with Gasteiger partial charge >= 0.3 is 0 Å². The number of hydrogen-bond donors (Lipinski definition) is 1. The number of halogens is 1. The van der Waals surface area contributed by atoms with Crippen LogP contribution in [0, 0.1) is 0 Å². The van der Waals surface area contributed by atoms with Crippen LogP contribution >= 0.6 is 15.9 Å². The van der Waals surface area contributed by atoms with E-state index in [4.69, 9.17) is 4.74 Å². The van der Waals surface area contributed by atoms with E-state index in [1.165, 1.54) is 12.0 Å². The topological polar surface area (TPSA) is 24.5 Å². The zero-order valence-corrected chi connectivity index (χ0v) is 15.3. The maximum atomic E-state index is 5.24. The van der Waals surface area contributed by atoms with Crippen LogP contribution in [0.4, 0.5) is 0 Å². The molecule has 3 nitrogen and oxygen atoms in total. The van der Waals surface area contributed by atoms with E-state index in [1.54, 1.807) is 7.11 Å². The van der Waals surface area contributed by atoms with Gasteiger partial charge in [-0.2, -0.15) is 0 Å². The third-order valence-electron chi connectivity index (χ3n) is 4.10. The molecule has 1 rings (SSSR count). The Morgan fingerprint density at radius 3 is 2.67 bits per heavy atom. The highest BCUT2D eigenvalue weighted by molar-refractivity contribution is 9.10. The van der Waals surface area contributed by atoms with Gasteiger partial charge in [0.2, 0.25) is 0 Å². The summed E-state index contributed by atoms with van der Waals surface area (Å²) in [5, 5.41) is 3.44. The second kappa shape index (κ2) is 10.3. The van der Waals surface area contributed by atoms with Crippen molar-refractivity contribution in [2.45, 2.75) is 38.8 Å². The number of hydrogen-bond acceptors (Lipinski definition) is 3. The van der Waals surface area contributed by atoms with E-state index in [0.29, 0.717) is 12.1 Å². The van der Waals surface area contributed by atoms with Crippen molar-refractivity contribution in [1.29, 1.82) is 0 Å². The van der Waals surface area contributed by atoms with Crippen molar-refractivity contribution in [1.82, 2.24) is 10.2 Å². The van der Waals surface area contributed by atoms with Crippen LogP contribution in [0.5, 0.6) is 0 Å². The molecule has 2 atom stereocenters. The first-order valence-electron chi connectivity index (χ1n) is 7.78. The zero-order valence-electron chi connectivity index (χ0n) is 13.7. The molecule has 120 valence electrons. The van der Waals surface area contributed by atoms with Crippen molar-refractivity contribution in [2.75, 3.05) is 33.9 Å². The monoisotopic (exact) mass is 356 g/mol. The summed E-state index contributed by atoms with van der Waals surface area (Å²) in [6, 6.07) is 9.54. The molecular weight excluding hydrogens is 328 g/mol. The summed E-state index contributed by atoms with van der Waals surface area (Å²) in [6.07, 6.45) is 2.27. The number of rotatable bonds is 10. The predicted octanol–water partition coefficient (Wildman–Crippen LogP) is 3.85. The van der Waals surface area contributed by atoms with E-state index in [0.717, 1.165) is 30.6 Å². The number of ether oxygens (including phenoxy) is 1. The van der Waals surface area contributed by atoms with E-state index < -0.39 is 0 Å². The Hall–Kier alpha value is -0.420. The van der Waals surface area contributed by atoms with Crippen molar-refractivity contribution < 1.29 is 4.74 Å². The Morgan fingerprint density at radius 1 is 1.33 bits per heavy atom. The molecule has 0 heterocycles. The summed E-state index contributed by atoms with van der Waals surface area (Å²) in [5.74, 6) is 0. The molecule has 1 aromatic carbocycles. The van der Waals surface area contributed by atoms with E-state index in [9.17, 15) is 0 Å². The summed E-state index contributed by atoms with van der Waals surface area (Å²) < 4.78 is 6.37. The lowest BCUT2D eigenvalue weighted by molar-refractivity contribution is 0.119. The van der Waals surface area contributed by atoms with Gasteiger partial charge in [-0.25, -0.2) is 0 Å². The highest BCUT2D eigenvalue weighted by atomic mass is 79.9. The lowest BCUT2D eigenvalue weighted by Crippen LogP contribution is -2.37. The largest absolute Gasteiger partial charge is 0.383 e. The van der Waals surface area contributed by atoms with Crippen LogP contribution in [-0.2, 0) is 4.74 Å². The van der Waals surface area contributed by atoms with Gasteiger partial charge in [-0.15, -0.1) is 0 Å². The van der Waals surface area contributed by atoms with Crippen molar-refractivity contribution >= 4 is 15.9 Å². The van der Waals surface area contributed by atoms with E-state index in [-0.39, 0.29) is 0 Å². The van der Waals surface area contributed by atoms with Gasteiger partial charge in [0.1, 0.15) is 0 Å². The number of nitrogens with one attached hydrogen (secondary N) is 1. The molecule has 1 N–H and O–H groups in total. The molecule has 0 aliphatic heterocycles. The lowest BCUT2D eigenvalue weighted by atomic mass is 10.0. The smallest absolute Gasteiger partial charge is 0.0589 e. The Bertz CT molecular complexity index is 400. The summed E-state index contributed by atoms with van der Waals surface area (Å²) in [5.41, 5.74) is 1.34. The number of nitrogens with zero attached hydrogens (tertiary/aromatic N) is 1. The second-order valence-corrected chi connectivity index (χ2v) is 6.39. The minimum Gasteiger partial charge on any atom is -0.383 e. The van der Waals surface area contributed by atoms with Crippen molar-refractivity contribution in [2.24, 2.45) is 0 Å². The van der Waals surface area contributed by atoms with Gasteiger partial charge in [-0.3, -0.25) is 4.90 Å². The molecule has 0 amide bonds. The highest BCUT2D eigenvalue weighted by Gasteiger charge is 2.15. The molecule has 1 aromatic rings. The van der Waals surface area contributed by atoms with Crippen LogP contribution in [0.15, 0.2) is 28.7 Å². The normalized spacial score (nSPS) is 14.4. The molecule has 0 aromatic heterocycles. The van der Waals surface area contributed by atoms with Crippen molar-refractivity contribution in [3.63, 3.8) is 0 Å². The Labute approximate surface area is 138 Å². The average Bonchev–Trinajstić information content (AvgIpc) is 2.50. The maximum absolute atomic E-state index is 5.24. The average molecular weight is 357 g/mol. The molecule has 0 radical (unpaired) electrons. The molecule has 2 unspecified atom stereocenters. The number of benzene rings is 1. The van der Waals surface area contributed by atoms with Gasteiger partial charge < -0.3 is 10.1 Å². The number of methoxy groups -OCH3 is 1. The lowest BCUT2D eigenvalue weighted by Gasteiger charge is -2.30. The first-order chi connectivity index (χ1) is 10.1. The van der Waals surface area contributed by atoms with Crippen LogP contribution in [0.25, 0.3) is 0 Å². The SMILES string of the molecule is CCC(C)N(CCOC)CCC(NC)c1cccc(Br)c1. The van der Waals surface area contributed by atoms with Gasteiger partial charge in [-0.1, -0.05) is 35.0 Å². The molecule has 21 heavy (non-hydrogen) atoms. The van der Waals surface area contributed by atoms with Crippen LogP contribution in [-0.4, -0.2) is 44.8 Å². The fourth-order valence-electron chi connectivity index (χ4n) is 2.52. The van der Waals surface area contributed by atoms with Gasteiger partial charge in [-0.05, 0) is 44.5 Å². The minimum atomic E-state index is 0.386. The van der Waals surface area contributed by atoms with Crippen molar-refractivity contribution in [3.05, 3.63) is 34.3 Å². The second-order valence-electron chi connectivity index (χ2n) is 5.47.